The van der Waals surface area contributed by atoms with Crippen LogP contribution in [0.4, 0.5) is 11.4 Å². The number of hydrogen-bond acceptors (Lipinski definition) is 9. The van der Waals surface area contributed by atoms with E-state index in [4.69, 9.17) is 9.47 Å². The maximum atomic E-state index is 13.6. The van der Waals surface area contributed by atoms with Crippen LogP contribution in [0.3, 0.4) is 0 Å². The minimum Gasteiger partial charge on any atom is -0.485 e. The molecule has 2 atom stereocenters. The SMILES string of the molecule is CCCCCCc1cc(-c2ccc3c(c2)sc2cc(N4c5ccccc5C5CCCC54)ccc23)sc1-c1sc(/C=C2\C(=O)c3ccc(C(=O)O)cc3C2=O)c2c1OCCO2. The van der Waals surface area contributed by atoms with E-state index >= 15 is 0 Å². The number of carbonyl (C=O) groups is 3. The number of Topliss-reactive ketones (excluding diaryl/α,β-unsaturated/α-hetero) is 2. The standard InChI is InChI=1S/C50H41NO6S3/c1-2-3-4-5-9-28-24-40(27-14-17-33-34-19-16-30(25-42(34)58-41(33)23-27)51-38-12-7-6-10-31(38)32-11-8-13-39(32)51)59-48(28)49-47-46(56-20-21-57-47)43(60-49)26-37-44(52)35-18-15-29(50(54)55)22-36(35)45(37)53/h6-7,10,12,14-19,22-26,32,39H,2-5,8-9,11,13,20-21H2,1H3,(H,54,55)/b37-26+. The Bertz CT molecular complexity index is 2970. The first-order chi connectivity index (χ1) is 29.4. The smallest absolute Gasteiger partial charge is 0.335 e. The van der Waals surface area contributed by atoms with E-state index in [0.717, 1.165) is 35.4 Å². The zero-order valence-electron chi connectivity index (χ0n) is 33.0. The number of fused-ring (bicyclic) bond motifs is 8. The van der Waals surface area contributed by atoms with Crippen molar-refractivity contribution in [2.24, 2.45) is 0 Å². The Morgan fingerprint density at radius 2 is 1.60 bits per heavy atom. The summed E-state index contributed by atoms with van der Waals surface area (Å²) in [6.45, 7) is 2.98. The average Bonchev–Trinajstić information content (AvgIpc) is 4.12. The second kappa shape index (κ2) is 14.9. The Morgan fingerprint density at radius 1 is 0.800 bits per heavy atom. The molecule has 5 heterocycles. The summed E-state index contributed by atoms with van der Waals surface area (Å²) >= 11 is 5.09. The van der Waals surface area contributed by atoms with Gasteiger partial charge >= 0.3 is 5.97 Å². The third-order valence-electron chi connectivity index (χ3n) is 12.7. The predicted molar refractivity (Wildman–Crippen MR) is 244 cm³/mol. The van der Waals surface area contributed by atoms with Crippen molar-refractivity contribution in [3.63, 3.8) is 0 Å². The number of aryl methyl sites for hydroxylation is 1. The molecule has 11 rings (SSSR count). The van der Waals surface area contributed by atoms with E-state index in [1.165, 1.54) is 108 Å². The third-order valence-corrected chi connectivity index (χ3v) is 16.3. The maximum Gasteiger partial charge on any atom is 0.335 e. The molecular formula is C50H41NO6S3. The van der Waals surface area contributed by atoms with Gasteiger partial charge in [-0.05, 0) is 97.0 Å². The van der Waals surface area contributed by atoms with Crippen LogP contribution in [0.5, 0.6) is 11.5 Å². The van der Waals surface area contributed by atoms with Crippen LogP contribution in [-0.4, -0.2) is 41.9 Å². The topological polar surface area (TPSA) is 93.1 Å². The molecule has 10 heteroatoms. The molecule has 0 saturated heterocycles. The first-order valence-corrected chi connectivity index (χ1v) is 23.4. The van der Waals surface area contributed by atoms with Gasteiger partial charge in [-0.3, -0.25) is 9.59 Å². The normalized spacial score (nSPS) is 18.6. The van der Waals surface area contributed by atoms with E-state index in [1.54, 1.807) is 17.4 Å². The second-order valence-electron chi connectivity index (χ2n) is 16.2. The molecule has 4 aliphatic rings. The van der Waals surface area contributed by atoms with Gasteiger partial charge in [0.25, 0.3) is 0 Å². The number of aromatic carboxylic acids is 1. The van der Waals surface area contributed by atoms with E-state index in [9.17, 15) is 19.5 Å². The number of nitrogens with zero attached hydrogens (tertiary/aromatic N) is 1. The van der Waals surface area contributed by atoms with Crippen LogP contribution in [-0.2, 0) is 6.42 Å². The number of carboxylic acid groups (broad SMARTS) is 1. The number of hydrogen-bond donors (Lipinski definition) is 1. The summed E-state index contributed by atoms with van der Waals surface area (Å²) < 4.78 is 15.1. The molecule has 3 aromatic heterocycles. The summed E-state index contributed by atoms with van der Waals surface area (Å²) in [4.78, 5) is 45.2. The monoisotopic (exact) mass is 847 g/mol. The Hall–Kier alpha value is -5.55. The number of carboxylic acids is 1. The molecule has 7 nitrogen and oxygen atoms in total. The van der Waals surface area contributed by atoms with Crippen LogP contribution >= 0.6 is 34.0 Å². The van der Waals surface area contributed by atoms with Crippen molar-refractivity contribution in [1.82, 2.24) is 0 Å². The number of ether oxygens (including phenoxy) is 2. The summed E-state index contributed by atoms with van der Waals surface area (Å²) in [5.74, 6) is -0.252. The predicted octanol–water partition coefficient (Wildman–Crippen LogP) is 13.4. The van der Waals surface area contributed by atoms with Crippen molar-refractivity contribution in [3.05, 3.63) is 123 Å². The number of carbonyl (C=O) groups excluding carboxylic acids is 2. The molecule has 4 aromatic carbocycles. The number of benzene rings is 4. The summed E-state index contributed by atoms with van der Waals surface area (Å²) in [5.41, 5.74) is 6.87. The van der Waals surface area contributed by atoms with Gasteiger partial charge in [-0.25, -0.2) is 4.79 Å². The molecule has 1 N–H and O–H groups in total. The highest BCUT2D eigenvalue weighted by molar-refractivity contribution is 7.26. The van der Waals surface area contributed by atoms with Crippen LogP contribution < -0.4 is 14.4 Å². The van der Waals surface area contributed by atoms with Gasteiger partial charge in [0.2, 0.25) is 0 Å². The summed E-state index contributed by atoms with van der Waals surface area (Å²) in [7, 11) is 0. The summed E-state index contributed by atoms with van der Waals surface area (Å²) in [5, 5.41) is 12.1. The molecular weight excluding hydrogens is 807 g/mol. The molecule has 0 amide bonds. The van der Waals surface area contributed by atoms with Crippen molar-refractivity contribution in [2.45, 2.75) is 70.3 Å². The molecule has 1 saturated carbocycles. The van der Waals surface area contributed by atoms with Crippen molar-refractivity contribution in [3.8, 4) is 31.7 Å². The Kier molecular flexibility index (Phi) is 9.28. The van der Waals surface area contributed by atoms with E-state index in [2.05, 4.69) is 78.6 Å². The molecule has 300 valence electrons. The molecule has 2 aliphatic carbocycles. The van der Waals surface area contributed by atoms with Crippen LogP contribution in [0.15, 0.2) is 90.5 Å². The van der Waals surface area contributed by atoms with Crippen molar-refractivity contribution in [1.29, 1.82) is 0 Å². The lowest BCUT2D eigenvalue weighted by Crippen LogP contribution is -2.26. The molecule has 2 aliphatic heterocycles. The van der Waals surface area contributed by atoms with Gasteiger partial charge in [0.1, 0.15) is 13.2 Å². The average molecular weight is 848 g/mol. The van der Waals surface area contributed by atoms with E-state index in [1.807, 2.05) is 11.3 Å². The zero-order valence-corrected chi connectivity index (χ0v) is 35.5. The fraction of sp³-hybridized carbons (Fsp3) is 0.260. The number of para-hydroxylation sites is 1. The maximum absolute atomic E-state index is 13.6. The van der Waals surface area contributed by atoms with E-state index in [0.29, 0.717) is 41.5 Å². The lowest BCUT2D eigenvalue weighted by molar-refractivity contribution is 0.0696. The number of unbranched alkanes of at least 4 members (excludes halogenated alkanes) is 3. The largest absolute Gasteiger partial charge is 0.485 e. The number of rotatable bonds is 10. The molecule has 7 aromatic rings. The van der Waals surface area contributed by atoms with Gasteiger partial charge in [0.05, 0.1) is 25.8 Å². The number of anilines is 2. The molecule has 0 spiro atoms. The van der Waals surface area contributed by atoms with Crippen LogP contribution in [0.25, 0.3) is 46.4 Å². The van der Waals surface area contributed by atoms with Crippen molar-refractivity contribution >= 4 is 89.2 Å². The van der Waals surface area contributed by atoms with Gasteiger partial charge in [0, 0.05) is 59.5 Å². The number of thiophene rings is 3. The van der Waals surface area contributed by atoms with Crippen LogP contribution in [0, 0.1) is 0 Å². The Balaban J connectivity index is 0.965. The Labute approximate surface area is 359 Å². The quantitative estimate of drug-likeness (QED) is 0.0832. The van der Waals surface area contributed by atoms with Gasteiger partial charge in [-0.1, -0.05) is 69.0 Å². The minimum atomic E-state index is -1.15. The lowest BCUT2D eigenvalue weighted by Gasteiger charge is -2.27. The fourth-order valence-corrected chi connectivity index (χ4v) is 13.5. The fourth-order valence-electron chi connectivity index (χ4n) is 9.84. The first-order valence-electron chi connectivity index (χ1n) is 20.9. The van der Waals surface area contributed by atoms with Crippen LogP contribution in [0.2, 0.25) is 0 Å². The zero-order chi connectivity index (χ0) is 40.6. The Morgan fingerprint density at radius 3 is 2.45 bits per heavy atom. The summed E-state index contributed by atoms with van der Waals surface area (Å²) in [6, 6.07) is 29.9. The molecule has 60 heavy (non-hydrogen) atoms. The highest BCUT2D eigenvalue weighted by Crippen LogP contribution is 2.55. The second-order valence-corrected chi connectivity index (χ2v) is 19.4. The minimum absolute atomic E-state index is 0.000653. The van der Waals surface area contributed by atoms with Gasteiger partial charge in [-0.2, -0.15) is 0 Å². The van der Waals surface area contributed by atoms with Gasteiger partial charge in [0.15, 0.2) is 23.1 Å². The molecule has 2 unspecified atom stereocenters. The van der Waals surface area contributed by atoms with Crippen molar-refractivity contribution < 1.29 is 29.0 Å². The van der Waals surface area contributed by atoms with E-state index in [-0.39, 0.29) is 22.3 Å². The highest BCUT2D eigenvalue weighted by Gasteiger charge is 2.42. The molecule has 0 radical (unpaired) electrons. The third kappa shape index (κ3) is 6.05. The number of allylic oxidation sites excluding steroid dienone is 1. The van der Waals surface area contributed by atoms with Crippen LogP contribution in [0.1, 0.15) is 105 Å². The first kappa shape index (κ1) is 37.4. The van der Waals surface area contributed by atoms with Gasteiger partial charge < -0.3 is 19.5 Å². The van der Waals surface area contributed by atoms with Crippen molar-refractivity contribution in [2.75, 3.05) is 18.1 Å². The molecule has 0 bridgehead atoms. The van der Waals surface area contributed by atoms with Gasteiger partial charge in [-0.15, -0.1) is 34.0 Å². The van der Waals surface area contributed by atoms with E-state index < -0.39 is 17.5 Å². The highest BCUT2D eigenvalue weighted by atomic mass is 32.1. The lowest BCUT2D eigenvalue weighted by atomic mass is 9.98. The summed E-state index contributed by atoms with van der Waals surface area (Å²) in [6.07, 6.45) is 10.9. The number of ketones is 2. The molecule has 1 fully saturated rings.